The number of fused-ring (bicyclic) bond motifs is 3. The van der Waals surface area contributed by atoms with E-state index in [1.54, 1.807) is 0 Å². The third kappa shape index (κ3) is 4.09. The molecule has 1 heteroatoms. The summed E-state index contributed by atoms with van der Waals surface area (Å²) < 4.78 is 0. The van der Waals surface area contributed by atoms with Crippen molar-refractivity contribution in [2.24, 2.45) is 0 Å². The molecule has 0 N–H and O–H groups in total. The summed E-state index contributed by atoms with van der Waals surface area (Å²) in [5.74, 6) is 0.629. The van der Waals surface area contributed by atoms with Crippen molar-refractivity contribution < 1.29 is 0 Å². The molecule has 6 rings (SSSR count). The molecule has 0 aromatic heterocycles. The minimum absolute atomic E-state index is 0.00436. The van der Waals surface area contributed by atoms with Gasteiger partial charge in [0.15, 0.2) is 0 Å². The van der Waals surface area contributed by atoms with Gasteiger partial charge in [0.25, 0.3) is 0 Å². The number of hydrogen-bond donors (Lipinski definition) is 0. The highest BCUT2D eigenvalue weighted by Gasteiger charge is 2.38. The zero-order chi connectivity index (χ0) is 25.8. The van der Waals surface area contributed by atoms with E-state index in [4.69, 9.17) is 0 Å². The maximum atomic E-state index is 2.61. The molecule has 0 unspecified atom stereocenters. The summed E-state index contributed by atoms with van der Waals surface area (Å²) in [4.78, 5) is 2.61. The normalized spacial score (nSPS) is 16.5. The Hall–Kier alpha value is -3.32. The average Bonchev–Trinajstić information content (AvgIpc) is 3.50. The predicted molar refractivity (Wildman–Crippen MR) is 159 cm³/mol. The molecule has 0 saturated heterocycles. The number of hydrogen-bond acceptors (Lipinski definition) is 1. The maximum Gasteiger partial charge on any atom is 0.0454 e. The lowest BCUT2D eigenvalue weighted by Crippen LogP contribution is -2.38. The third-order valence-electron chi connectivity index (χ3n) is 8.67. The first-order valence-electron chi connectivity index (χ1n) is 14.0. The third-order valence-corrected chi connectivity index (χ3v) is 8.67. The highest BCUT2D eigenvalue weighted by Crippen LogP contribution is 2.53. The van der Waals surface area contributed by atoms with Crippen LogP contribution in [0.4, 0.5) is 11.4 Å². The van der Waals surface area contributed by atoms with Gasteiger partial charge in [-0.2, -0.15) is 0 Å². The van der Waals surface area contributed by atoms with E-state index >= 15 is 0 Å². The van der Waals surface area contributed by atoms with Crippen LogP contribution in [0, 0.1) is 0 Å². The van der Waals surface area contributed by atoms with Crippen LogP contribution in [0.1, 0.15) is 82.9 Å². The van der Waals surface area contributed by atoms with Gasteiger partial charge < -0.3 is 4.90 Å². The zero-order valence-corrected chi connectivity index (χ0v) is 23.0. The number of anilines is 2. The van der Waals surface area contributed by atoms with Crippen molar-refractivity contribution in [1.82, 2.24) is 0 Å². The van der Waals surface area contributed by atoms with Crippen LogP contribution < -0.4 is 4.90 Å². The van der Waals surface area contributed by atoms with Crippen molar-refractivity contribution >= 4 is 11.4 Å². The van der Waals surface area contributed by atoms with Crippen molar-refractivity contribution in [1.29, 1.82) is 0 Å². The largest absolute Gasteiger partial charge is 0.336 e. The van der Waals surface area contributed by atoms with Crippen molar-refractivity contribution in [3.8, 4) is 22.3 Å². The molecule has 0 aliphatic heterocycles. The summed E-state index contributed by atoms with van der Waals surface area (Å²) in [7, 11) is 0. The molecule has 1 saturated carbocycles. The van der Waals surface area contributed by atoms with Crippen LogP contribution in [0.3, 0.4) is 0 Å². The van der Waals surface area contributed by atoms with Crippen LogP contribution in [0.25, 0.3) is 22.3 Å². The summed E-state index contributed by atoms with van der Waals surface area (Å²) >= 11 is 0. The van der Waals surface area contributed by atoms with Gasteiger partial charge in [-0.1, -0.05) is 93.4 Å². The molecule has 188 valence electrons. The lowest BCUT2D eigenvalue weighted by atomic mass is 9.81. The summed E-state index contributed by atoms with van der Waals surface area (Å²) in [6.45, 7) is 11.8. The van der Waals surface area contributed by atoms with E-state index in [1.165, 1.54) is 76.0 Å². The van der Waals surface area contributed by atoms with E-state index in [1.807, 2.05) is 0 Å². The Bertz CT molecular complexity index is 1410. The Morgan fingerprint density at radius 1 is 0.676 bits per heavy atom. The predicted octanol–water partition coefficient (Wildman–Crippen LogP) is 10.3. The van der Waals surface area contributed by atoms with Gasteiger partial charge in [-0.25, -0.2) is 0 Å². The molecule has 2 aliphatic rings. The lowest BCUT2D eigenvalue weighted by molar-refractivity contribution is 0.555. The molecular weight excluding hydrogens is 446 g/mol. The van der Waals surface area contributed by atoms with Crippen LogP contribution in [0.15, 0.2) is 91.0 Å². The lowest BCUT2D eigenvalue weighted by Gasteiger charge is -2.40. The fourth-order valence-corrected chi connectivity index (χ4v) is 6.83. The summed E-state index contributed by atoms with van der Waals surface area (Å²) in [5.41, 5.74) is 12.4. The van der Waals surface area contributed by atoms with Gasteiger partial charge in [0.2, 0.25) is 0 Å². The second kappa shape index (κ2) is 8.91. The minimum Gasteiger partial charge on any atom is -0.336 e. The Morgan fingerprint density at radius 2 is 1.30 bits per heavy atom. The monoisotopic (exact) mass is 485 g/mol. The fraction of sp³-hybridized carbons (Fsp3) is 0.333. The Labute approximate surface area is 223 Å². The van der Waals surface area contributed by atoms with Crippen LogP contribution in [0.2, 0.25) is 0 Å². The molecule has 37 heavy (non-hydrogen) atoms. The van der Waals surface area contributed by atoms with Gasteiger partial charge >= 0.3 is 0 Å². The summed E-state index contributed by atoms with van der Waals surface area (Å²) in [5, 5.41) is 0. The summed E-state index contributed by atoms with van der Waals surface area (Å²) in [6, 6.07) is 34.1. The highest BCUT2D eigenvalue weighted by atomic mass is 15.2. The highest BCUT2D eigenvalue weighted by molar-refractivity contribution is 5.85. The second-order valence-corrected chi connectivity index (χ2v) is 12.5. The fourth-order valence-electron chi connectivity index (χ4n) is 6.83. The van der Waals surface area contributed by atoms with Gasteiger partial charge in [0.1, 0.15) is 0 Å². The van der Waals surface area contributed by atoms with E-state index in [0.29, 0.717) is 5.92 Å². The van der Waals surface area contributed by atoms with E-state index in [2.05, 4.69) is 131 Å². The molecular formula is C36H39N. The first kappa shape index (κ1) is 24.0. The van der Waals surface area contributed by atoms with Crippen LogP contribution in [-0.4, -0.2) is 5.54 Å². The second-order valence-electron chi connectivity index (χ2n) is 12.5. The maximum absolute atomic E-state index is 2.61. The van der Waals surface area contributed by atoms with Crippen LogP contribution in [-0.2, 0) is 5.41 Å². The molecule has 0 atom stereocenters. The Morgan fingerprint density at radius 3 is 1.97 bits per heavy atom. The van der Waals surface area contributed by atoms with Gasteiger partial charge in [0, 0.05) is 22.3 Å². The number of rotatable bonds is 4. The standard InChI is InChI=1S/C36H39N/c1-35(2,3)37(28-21-19-26(20-22-28)25-13-7-6-8-14-25)34-24-33-31(23-30(34)27-15-9-10-16-27)29-17-11-12-18-32(29)36(33,4)5/h6-8,11-14,17-24,27H,9-10,15-16H2,1-5H3. The van der Waals surface area contributed by atoms with Crippen molar-refractivity contribution in [3.63, 3.8) is 0 Å². The van der Waals surface area contributed by atoms with Crippen molar-refractivity contribution in [2.75, 3.05) is 4.90 Å². The number of nitrogens with zero attached hydrogens (tertiary/aromatic N) is 1. The SMILES string of the molecule is CC1(C)c2ccccc2-c2cc(C3CCCC3)c(N(c3ccc(-c4ccccc4)cc3)C(C)(C)C)cc21. The molecule has 0 bridgehead atoms. The average molecular weight is 486 g/mol. The quantitative estimate of drug-likeness (QED) is 0.278. The zero-order valence-electron chi connectivity index (χ0n) is 23.0. The molecule has 1 nitrogen and oxygen atoms in total. The van der Waals surface area contributed by atoms with Crippen LogP contribution in [0.5, 0.6) is 0 Å². The van der Waals surface area contributed by atoms with E-state index in [9.17, 15) is 0 Å². The van der Waals surface area contributed by atoms with E-state index in [0.717, 1.165) is 0 Å². The summed E-state index contributed by atoms with van der Waals surface area (Å²) in [6.07, 6.45) is 5.26. The molecule has 2 aliphatic carbocycles. The smallest absolute Gasteiger partial charge is 0.0454 e. The first-order chi connectivity index (χ1) is 17.7. The topological polar surface area (TPSA) is 3.24 Å². The van der Waals surface area contributed by atoms with Gasteiger partial charge in [-0.05, 0) is 103 Å². The van der Waals surface area contributed by atoms with E-state index < -0.39 is 0 Å². The first-order valence-corrected chi connectivity index (χ1v) is 14.0. The van der Waals surface area contributed by atoms with Crippen LogP contribution >= 0.6 is 0 Å². The molecule has 4 aromatic rings. The molecule has 4 aromatic carbocycles. The molecule has 0 amide bonds. The Balaban J connectivity index is 1.53. The molecule has 0 heterocycles. The van der Waals surface area contributed by atoms with Crippen molar-refractivity contribution in [3.05, 3.63) is 108 Å². The van der Waals surface area contributed by atoms with Crippen molar-refractivity contribution in [2.45, 2.75) is 77.2 Å². The molecule has 0 spiro atoms. The minimum atomic E-state index is -0.0640. The Kier molecular flexibility index (Phi) is 5.79. The molecule has 0 radical (unpaired) electrons. The van der Waals surface area contributed by atoms with Gasteiger partial charge in [-0.15, -0.1) is 0 Å². The molecule has 1 fully saturated rings. The van der Waals surface area contributed by atoms with Gasteiger partial charge in [-0.3, -0.25) is 0 Å². The van der Waals surface area contributed by atoms with E-state index in [-0.39, 0.29) is 11.0 Å². The van der Waals surface area contributed by atoms with Gasteiger partial charge in [0.05, 0.1) is 0 Å². The number of benzene rings is 4.